The van der Waals surface area contributed by atoms with Crippen LogP contribution in [-0.4, -0.2) is 182 Å². The van der Waals surface area contributed by atoms with Crippen molar-refractivity contribution < 1.29 is 77.3 Å². The van der Waals surface area contributed by atoms with E-state index in [2.05, 4.69) is 42.5 Å². The van der Waals surface area contributed by atoms with E-state index >= 15 is 4.55 Å². The van der Waals surface area contributed by atoms with E-state index in [1.54, 1.807) is 81.7 Å². The van der Waals surface area contributed by atoms with E-state index in [1.165, 1.54) is 14.0 Å². The van der Waals surface area contributed by atoms with Gasteiger partial charge in [0.2, 0.25) is 58.2 Å². The van der Waals surface area contributed by atoms with Crippen LogP contribution in [0.15, 0.2) is 47.5 Å². The Morgan fingerprint density at radius 1 is 0.852 bits per heavy atom. The van der Waals surface area contributed by atoms with Crippen molar-refractivity contribution in [1.82, 2.24) is 52.0 Å². The zero-order chi connectivity index (χ0) is 59.6. The van der Waals surface area contributed by atoms with Crippen molar-refractivity contribution in [3.05, 3.63) is 59.2 Å². The molecule has 11 atom stereocenters. The Balaban J connectivity index is 1.60. The molecule has 27 nitrogen and oxygen atoms in total. The fraction of sp³-hybridized carbons (Fsp3) is 0.547. The van der Waals surface area contributed by atoms with Crippen LogP contribution in [0.1, 0.15) is 77.5 Å². The van der Waals surface area contributed by atoms with Gasteiger partial charge in [-0.2, -0.15) is 0 Å². The average molecular weight is 1150 g/mol. The Labute approximate surface area is 470 Å². The van der Waals surface area contributed by atoms with Crippen LogP contribution >= 0.6 is 0 Å². The fourth-order valence-corrected chi connectivity index (χ4v) is 11.2. The summed E-state index contributed by atoms with van der Waals surface area (Å²) >= 11 is -2.49. The zero-order valence-corrected chi connectivity index (χ0v) is 46.9. The summed E-state index contributed by atoms with van der Waals surface area (Å²) in [4.78, 5) is 141. The Morgan fingerprint density at radius 3 is 2.14 bits per heavy atom. The average Bonchev–Trinajstić information content (AvgIpc) is 3.97. The minimum Gasteiger partial charge on any atom is -0.610 e. The van der Waals surface area contributed by atoms with Gasteiger partial charge in [-0.05, 0) is 49.9 Å². The summed E-state index contributed by atoms with van der Waals surface area (Å²) in [5.74, 6) is -11.7. The number of benzene rings is 2. The summed E-state index contributed by atoms with van der Waals surface area (Å²) in [6.45, 7) is 6.84. The fourth-order valence-electron chi connectivity index (χ4n) is 9.63. The molecule has 81 heavy (non-hydrogen) atoms. The van der Waals surface area contributed by atoms with Gasteiger partial charge in [0.15, 0.2) is 6.04 Å². The largest absolute Gasteiger partial charge is 0.610 e. The molecule has 1 saturated heterocycles. The molecule has 13 N–H and O–H groups in total. The summed E-state index contributed by atoms with van der Waals surface area (Å²) in [6.07, 6.45) is -5.23. The molecule has 2 aromatic carbocycles. The lowest BCUT2D eigenvalue weighted by Gasteiger charge is -2.33. The number of fused-ring (bicyclic) bond motifs is 5. The van der Waals surface area contributed by atoms with Gasteiger partial charge in [-0.1, -0.05) is 51.5 Å². The quantitative estimate of drug-likeness (QED) is 0.0801. The number of ether oxygens (including phenoxy) is 2. The van der Waals surface area contributed by atoms with Crippen molar-refractivity contribution in [1.29, 1.82) is 0 Å². The number of hydrogen-bond donors (Lipinski definition) is 12. The first kappa shape index (κ1) is 62.7. The van der Waals surface area contributed by atoms with Gasteiger partial charge in [0.1, 0.15) is 47.3 Å². The van der Waals surface area contributed by atoms with Gasteiger partial charge in [-0.25, -0.2) is 4.79 Å². The number of hydrogen-bond acceptors (Lipinski definition) is 16. The van der Waals surface area contributed by atoms with E-state index in [9.17, 15) is 63.3 Å². The molecule has 3 aliphatic heterocycles. The third-order valence-corrected chi connectivity index (χ3v) is 15.7. The molecule has 28 heteroatoms. The van der Waals surface area contributed by atoms with E-state index in [0.717, 1.165) is 4.90 Å². The van der Waals surface area contributed by atoms with Crippen LogP contribution in [0.3, 0.4) is 0 Å². The Morgan fingerprint density at radius 2 is 1.51 bits per heavy atom. The number of aromatic nitrogens is 1. The van der Waals surface area contributed by atoms with E-state index in [1.807, 2.05) is 0 Å². The number of primary amides is 1. The molecule has 0 radical (unpaired) electrons. The molecule has 1 aromatic heterocycles. The molecule has 10 amide bonds. The number of nitrogens with zero attached hydrogens (tertiary/aromatic N) is 2. The molecule has 2 bridgehead atoms. The molecular formula is C53H73N11O16S. The van der Waals surface area contributed by atoms with Crippen molar-refractivity contribution in [3.63, 3.8) is 0 Å². The smallest absolute Gasteiger partial charge is 0.407 e. The standard InChI is InChI=1S/C53H73N11O16S/c1-8-26(2)43-48(74)56-20-41(69)58-36-25-81(78)51-33(32-14-13-31(79-7)16-37(32)64(51)22-29-11-9-28(10-12-29)19-57-52(77)80-53(4,5)6)17-34(45(71)55-21-42(70)61-43)59-49(75)44(27(3)39(67)24-65)62-47(73)38-15-30(66)23-63(38)50(76)35(18-40(54)68)60-46(36)72/h9-14,16,26-27,30,34-36,38-39,43-44,65-67H,8,15,17-25H2,1-7H3,(H2,54,68)(H,55,71)(H,56,74)(H,57,77)(H,58,69)(H,59,75)(H,60,72)(H,61,70)(H,62,73)/t26-,27-,30?,34?,35-,36?,38-,39-,43-,44-,81+/m0/s1. The van der Waals surface area contributed by atoms with Crippen molar-refractivity contribution in [2.45, 2.75) is 139 Å². The van der Waals surface area contributed by atoms with E-state index < -0.39 is 188 Å². The Kier molecular flexibility index (Phi) is 21.1. The minimum atomic E-state index is -2.49. The van der Waals surface area contributed by atoms with Gasteiger partial charge in [0.05, 0.1) is 57.5 Å². The maximum atomic E-state index is 15.7. The van der Waals surface area contributed by atoms with E-state index in [4.69, 9.17) is 15.2 Å². The van der Waals surface area contributed by atoms with Crippen LogP contribution < -0.4 is 53.0 Å². The molecule has 1 fully saturated rings. The van der Waals surface area contributed by atoms with E-state index in [0.29, 0.717) is 34.2 Å². The zero-order valence-electron chi connectivity index (χ0n) is 46.1. The van der Waals surface area contributed by atoms with Crippen molar-refractivity contribution in [2.75, 3.05) is 39.1 Å². The van der Waals surface area contributed by atoms with E-state index in [-0.39, 0.29) is 23.7 Å². The van der Waals surface area contributed by atoms with Crippen molar-refractivity contribution in [2.24, 2.45) is 17.6 Å². The molecule has 0 spiro atoms. The van der Waals surface area contributed by atoms with Crippen molar-refractivity contribution >= 4 is 81.3 Å². The van der Waals surface area contributed by atoms with Crippen LogP contribution in [0.25, 0.3) is 10.9 Å². The summed E-state index contributed by atoms with van der Waals surface area (Å²) in [6, 6.07) is 1.47. The highest BCUT2D eigenvalue weighted by atomic mass is 32.2. The molecule has 3 aliphatic rings. The number of rotatable bonds is 12. The first-order valence-corrected chi connectivity index (χ1v) is 27.8. The number of alkyl carbamates (subject to hydrolysis) is 1. The van der Waals surface area contributed by atoms with Gasteiger partial charge in [-0.3, -0.25) is 47.7 Å². The van der Waals surface area contributed by atoms with Gasteiger partial charge < -0.3 is 82.5 Å². The number of nitrogens with two attached hydrogens (primary N) is 1. The van der Waals surface area contributed by atoms with Crippen LogP contribution in [0.4, 0.5) is 4.79 Å². The second kappa shape index (κ2) is 27.3. The summed E-state index contributed by atoms with van der Waals surface area (Å²) in [5.41, 5.74) is 6.57. The van der Waals surface area contributed by atoms with Gasteiger partial charge >= 0.3 is 6.09 Å². The molecule has 442 valence electrons. The number of aliphatic hydroxyl groups excluding tert-OH is 3. The first-order valence-electron chi connectivity index (χ1n) is 26.4. The molecule has 0 aliphatic carbocycles. The molecule has 0 saturated carbocycles. The van der Waals surface area contributed by atoms with Crippen LogP contribution in [-0.2, 0) is 78.6 Å². The lowest BCUT2D eigenvalue weighted by atomic mass is 9.93. The van der Waals surface area contributed by atoms with Crippen molar-refractivity contribution in [3.8, 4) is 5.75 Å². The molecule has 3 unspecified atom stereocenters. The maximum absolute atomic E-state index is 15.7. The molecular weight excluding hydrogens is 1080 g/mol. The summed E-state index contributed by atoms with van der Waals surface area (Å²) in [7, 11) is 1.41. The normalized spacial score (nSPS) is 25.0. The van der Waals surface area contributed by atoms with Crippen LogP contribution in [0, 0.1) is 11.8 Å². The summed E-state index contributed by atoms with van der Waals surface area (Å²) < 4.78 is 28.3. The number of aliphatic hydroxyl groups is 3. The van der Waals surface area contributed by atoms with Crippen LogP contribution in [0.2, 0.25) is 0 Å². The summed E-state index contributed by atoms with van der Waals surface area (Å²) in [5, 5.41) is 52.5. The lowest BCUT2D eigenvalue weighted by Crippen LogP contribution is -2.62. The monoisotopic (exact) mass is 1150 g/mol. The maximum Gasteiger partial charge on any atom is 0.407 e. The highest BCUT2D eigenvalue weighted by molar-refractivity contribution is 7.91. The molecule has 4 heterocycles. The predicted molar refractivity (Wildman–Crippen MR) is 289 cm³/mol. The SMILES string of the molecule is CC[C@H](C)[C@@H]1NC(=O)CNC(=O)C2Cc3c(n(Cc4ccc(CNC(=O)OC(C)(C)C)cc4)c4cc(OC)ccc34)[S@+]([O-])CC(NC(=O)CNC1=O)C(=O)N[C@@H](CC(N)=O)C(=O)N1CC(O)C[C@H]1C(=O)N[C@@H]([C@@H](C)[C@@H](O)CO)C(=O)N2. The third-order valence-electron chi connectivity index (χ3n) is 14.2. The van der Waals surface area contributed by atoms with Gasteiger partial charge in [0.25, 0.3) is 0 Å². The first-order chi connectivity index (χ1) is 38.2. The van der Waals surface area contributed by atoms with Gasteiger partial charge in [0, 0.05) is 60.0 Å². The number of methoxy groups -OCH3 is 1. The third kappa shape index (κ3) is 16.1. The Hall–Kier alpha value is -7.53. The number of carbonyl (C=O) groups is 10. The predicted octanol–water partition coefficient (Wildman–Crippen LogP) is -3.07. The molecule has 3 aromatic rings. The second-order valence-electron chi connectivity index (χ2n) is 21.4. The lowest BCUT2D eigenvalue weighted by molar-refractivity contribution is -0.144. The number of nitrogens with one attached hydrogen (secondary N) is 8. The van der Waals surface area contributed by atoms with Gasteiger partial charge in [-0.15, -0.1) is 0 Å². The number of carbonyl (C=O) groups excluding carboxylic acids is 10. The molecule has 6 rings (SSSR count). The highest BCUT2D eigenvalue weighted by Crippen LogP contribution is 2.35. The highest BCUT2D eigenvalue weighted by Gasteiger charge is 2.46. The topological polar surface area (TPSA) is 403 Å². The Bertz CT molecular complexity index is 2860. The van der Waals surface area contributed by atoms with Crippen LogP contribution in [0.5, 0.6) is 5.75 Å². The number of amides is 10. The second-order valence-corrected chi connectivity index (χ2v) is 22.8. The minimum absolute atomic E-state index is 0.0784.